The normalized spacial score (nSPS) is 13.6. The van der Waals surface area contributed by atoms with Gasteiger partial charge in [0.2, 0.25) is 0 Å². The van der Waals surface area contributed by atoms with Gasteiger partial charge in [-0.2, -0.15) is 0 Å². The smallest absolute Gasteiger partial charge is 0.0431 e. The van der Waals surface area contributed by atoms with Gasteiger partial charge in [0.05, 0.1) is 0 Å². The Hall–Kier alpha value is -0.0400. The van der Waals surface area contributed by atoms with Gasteiger partial charge >= 0.3 is 0 Å². The van der Waals surface area contributed by atoms with Gasteiger partial charge in [0.15, 0.2) is 0 Å². The van der Waals surface area contributed by atoms with Crippen molar-refractivity contribution < 1.29 is 5.11 Å². The van der Waals surface area contributed by atoms with Crippen LogP contribution in [-0.2, 0) is 0 Å². The molecule has 30 heavy (non-hydrogen) atoms. The summed E-state index contributed by atoms with van der Waals surface area (Å²) in [5, 5.41) is 8.77. The van der Waals surface area contributed by atoms with E-state index < -0.39 is 0 Å². The molecule has 0 aliphatic rings. The lowest BCUT2D eigenvalue weighted by Gasteiger charge is -2.13. The molecule has 0 amide bonds. The van der Waals surface area contributed by atoms with Crippen LogP contribution in [0.25, 0.3) is 0 Å². The predicted octanol–water partition coefficient (Wildman–Crippen LogP) is 10.2. The number of rotatable bonds is 25. The van der Waals surface area contributed by atoms with Gasteiger partial charge in [-0.05, 0) is 18.3 Å². The maximum absolute atomic E-state index is 8.77. The van der Waals surface area contributed by atoms with E-state index in [-0.39, 0.29) is 0 Å². The van der Waals surface area contributed by atoms with Crippen LogP contribution >= 0.6 is 0 Å². The first-order valence-electron chi connectivity index (χ1n) is 14.3. The highest BCUT2D eigenvalue weighted by Crippen LogP contribution is 2.21. The first kappa shape index (κ1) is 30.0. The molecule has 0 radical (unpaired) electrons. The Morgan fingerprint density at radius 2 is 0.667 bits per heavy atom. The zero-order valence-electron chi connectivity index (χ0n) is 21.6. The highest BCUT2D eigenvalue weighted by atomic mass is 16.2. The molecule has 0 bridgehead atoms. The molecule has 0 saturated carbocycles. The molecule has 1 heteroatoms. The summed E-state index contributed by atoms with van der Waals surface area (Å²) in [5.41, 5.74) is 0. The lowest BCUT2D eigenvalue weighted by Crippen LogP contribution is -1.97. The second-order valence-electron chi connectivity index (χ2n) is 10.5. The summed E-state index contributed by atoms with van der Waals surface area (Å²) in [4.78, 5) is 0. The maximum Gasteiger partial charge on any atom is 0.0431 e. The minimum Gasteiger partial charge on any atom is -0.396 e. The Labute approximate surface area is 192 Å². The standard InChI is InChI=1S/C29H60O/c1-4-5-6-14-18-23-28(2)25-20-17-21-26-29(3)24-19-15-12-10-8-7-9-11-13-16-22-27-30/h28-30H,4-27H2,1-3H3/t28-,29+/m0/s1. The first-order chi connectivity index (χ1) is 14.7. The van der Waals surface area contributed by atoms with Crippen LogP contribution in [0.4, 0.5) is 0 Å². The van der Waals surface area contributed by atoms with Gasteiger partial charge in [-0.1, -0.05) is 162 Å². The van der Waals surface area contributed by atoms with Crippen molar-refractivity contribution in [1.82, 2.24) is 0 Å². The molecule has 0 aromatic heterocycles. The van der Waals surface area contributed by atoms with E-state index in [2.05, 4.69) is 20.8 Å². The number of aliphatic hydroxyl groups excluding tert-OH is 1. The van der Waals surface area contributed by atoms with E-state index in [1.807, 2.05) is 0 Å². The van der Waals surface area contributed by atoms with E-state index in [0.29, 0.717) is 6.61 Å². The third kappa shape index (κ3) is 24.2. The van der Waals surface area contributed by atoms with E-state index >= 15 is 0 Å². The largest absolute Gasteiger partial charge is 0.396 e. The second-order valence-corrected chi connectivity index (χ2v) is 10.5. The molecule has 0 unspecified atom stereocenters. The number of aliphatic hydroxyl groups is 1. The van der Waals surface area contributed by atoms with Gasteiger partial charge in [-0.25, -0.2) is 0 Å². The Kier molecular flexibility index (Phi) is 25.2. The average molecular weight is 425 g/mol. The summed E-state index contributed by atoms with van der Waals surface area (Å²) in [6.07, 6.45) is 32.4. The molecule has 0 spiro atoms. The molecule has 0 aliphatic carbocycles. The fourth-order valence-electron chi connectivity index (χ4n) is 4.74. The molecular weight excluding hydrogens is 364 g/mol. The Balaban J connectivity index is 3.24. The summed E-state index contributed by atoms with van der Waals surface area (Å²) < 4.78 is 0. The summed E-state index contributed by atoms with van der Waals surface area (Å²) in [6.45, 7) is 7.63. The fourth-order valence-corrected chi connectivity index (χ4v) is 4.74. The van der Waals surface area contributed by atoms with Crippen molar-refractivity contribution in [3.63, 3.8) is 0 Å². The van der Waals surface area contributed by atoms with Gasteiger partial charge in [-0.15, -0.1) is 0 Å². The van der Waals surface area contributed by atoms with Crippen molar-refractivity contribution in [1.29, 1.82) is 0 Å². The maximum atomic E-state index is 8.77. The molecular formula is C29H60O. The Morgan fingerprint density at radius 3 is 1.00 bits per heavy atom. The van der Waals surface area contributed by atoms with Crippen molar-refractivity contribution >= 4 is 0 Å². The van der Waals surface area contributed by atoms with Crippen LogP contribution in [0.2, 0.25) is 0 Å². The lowest BCUT2D eigenvalue weighted by atomic mass is 9.93. The topological polar surface area (TPSA) is 20.2 Å². The van der Waals surface area contributed by atoms with Gasteiger partial charge < -0.3 is 5.11 Å². The zero-order chi connectivity index (χ0) is 22.1. The number of hydrogen-bond donors (Lipinski definition) is 1. The lowest BCUT2D eigenvalue weighted by molar-refractivity contribution is 0.282. The minimum absolute atomic E-state index is 0.372. The van der Waals surface area contributed by atoms with Gasteiger partial charge in [0.1, 0.15) is 0 Å². The van der Waals surface area contributed by atoms with Gasteiger partial charge in [0, 0.05) is 6.61 Å². The Morgan fingerprint density at radius 1 is 0.400 bits per heavy atom. The monoisotopic (exact) mass is 424 g/mol. The van der Waals surface area contributed by atoms with Gasteiger partial charge in [0.25, 0.3) is 0 Å². The van der Waals surface area contributed by atoms with Crippen molar-refractivity contribution in [3.8, 4) is 0 Å². The molecule has 182 valence electrons. The van der Waals surface area contributed by atoms with Crippen LogP contribution < -0.4 is 0 Å². The van der Waals surface area contributed by atoms with Crippen LogP contribution in [0.3, 0.4) is 0 Å². The van der Waals surface area contributed by atoms with E-state index in [9.17, 15) is 0 Å². The number of hydrogen-bond acceptors (Lipinski definition) is 1. The SMILES string of the molecule is CCCCCCC[C@H](C)CCCCC[C@H](C)CCCCCCCCCCCCCO. The van der Waals surface area contributed by atoms with Gasteiger partial charge in [-0.3, -0.25) is 0 Å². The molecule has 0 aromatic rings. The highest BCUT2D eigenvalue weighted by Gasteiger charge is 2.04. The molecule has 1 N–H and O–H groups in total. The molecule has 0 fully saturated rings. The van der Waals surface area contributed by atoms with Crippen LogP contribution in [0, 0.1) is 11.8 Å². The van der Waals surface area contributed by atoms with Crippen molar-refractivity contribution in [3.05, 3.63) is 0 Å². The van der Waals surface area contributed by atoms with Crippen LogP contribution in [0.1, 0.15) is 168 Å². The van der Waals surface area contributed by atoms with Crippen LogP contribution in [0.15, 0.2) is 0 Å². The summed E-state index contributed by atoms with van der Waals surface area (Å²) in [6, 6.07) is 0. The zero-order valence-corrected chi connectivity index (χ0v) is 21.6. The number of unbranched alkanes of at least 4 members (excludes halogenated alkanes) is 16. The van der Waals surface area contributed by atoms with E-state index in [4.69, 9.17) is 5.11 Å². The molecule has 2 atom stereocenters. The van der Waals surface area contributed by atoms with Crippen LogP contribution in [-0.4, -0.2) is 11.7 Å². The molecule has 0 saturated heterocycles. The van der Waals surface area contributed by atoms with E-state index in [1.165, 1.54) is 141 Å². The summed E-state index contributed by atoms with van der Waals surface area (Å²) >= 11 is 0. The second kappa shape index (κ2) is 25.2. The first-order valence-corrected chi connectivity index (χ1v) is 14.3. The third-order valence-corrected chi connectivity index (χ3v) is 7.05. The molecule has 0 aliphatic heterocycles. The third-order valence-electron chi connectivity index (χ3n) is 7.05. The average Bonchev–Trinajstić information content (AvgIpc) is 2.74. The summed E-state index contributed by atoms with van der Waals surface area (Å²) in [7, 11) is 0. The quantitative estimate of drug-likeness (QED) is 0.144. The van der Waals surface area contributed by atoms with E-state index in [1.54, 1.807) is 0 Å². The van der Waals surface area contributed by atoms with Crippen molar-refractivity contribution in [2.24, 2.45) is 11.8 Å². The molecule has 0 rings (SSSR count). The molecule has 0 aromatic carbocycles. The van der Waals surface area contributed by atoms with Crippen molar-refractivity contribution in [2.45, 2.75) is 168 Å². The van der Waals surface area contributed by atoms with Crippen molar-refractivity contribution in [2.75, 3.05) is 6.61 Å². The minimum atomic E-state index is 0.372. The Bertz CT molecular complexity index is 301. The van der Waals surface area contributed by atoms with Crippen LogP contribution in [0.5, 0.6) is 0 Å². The van der Waals surface area contributed by atoms with E-state index in [0.717, 1.165) is 18.3 Å². The summed E-state index contributed by atoms with van der Waals surface area (Å²) in [5.74, 6) is 1.90. The predicted molar refractivity (Wildman–Crippen MR) is 137 cm³/mol. The fraction of sp³-hybridized carbons (Fsp3) is 1.00. The molecule has 0 heterocycles. The highest BCUT2D eigenvalue weighted by molar-refractivity contribution is 4.58. The molecule has 1 nitrogen and oxygen atoms in total.